The Labute approximate surface area is 88.8 Å². The summed E-state index contributed by atoms with van der Waals surface area (Å²) in [6, 6.07) is 0. The van der Waals surface area contributed by atoms with Crippen molar-refractivity contribution in [3.8, 4) is 0 Å². The topological polar surface area (TPSA) is 39.2 Å². The van der Waals surface area contributed by atoms with Crippen molar-refractivity contribution in [1.29, 1.82) is 0 Å². The van der Waals surface area contributed by atoms with Crippen LogP contribution in [0, 0.1) is 4.77 Å². The van der Waals surface area contributed by atoms with Crippen LogP contribution in [0.15, 0.2) is 6.20 Å². The molecule has 4 nitrogen and oxygen atoms in total. The molecule has 0 atom stereocenters. The summed E-state index contributed by atoms with van der Waals surface area (Å²) in [5.41, 5.74) is 0.915. The van der Waals surface area contributed by atoms with Crippen LogP contribution >= 0.6 is 12.2 Å². The summed E-state index contributed by atoms with van der Waals surface area (Å²) in [5, 5.41) is 0. The molecule has 0 aliphatic rings. The van der Waals surface area contributed by atoms with Crippen LogP contribution in [0.5, 0.6) is 0 Å². The molecule has 0 spiro atoms. The van der Waals surface area contributed by atoms with E-state index in [9.17, 15) is 0 Å². The van der Waals surface area contributed by atoms with Gasteiger partial charge in [0.05, 0.1) is 5.69 Å². The fraction of sp³-hybridized carbons (Fsp3) is 0.667. The van der Waals surface area contributed by atoms with E-state index in [1.165, 1.54) is 0 Å². The third-order valence-electron chi connectivity index (χ3n) is 1.91. The fourth-order valence-electron chi connectivity index (χ4n) is 1.19. The van der Waals surface area contributed by atoms with Crippen LogP contribution in [0.1, 0.15) is 25.8 Å². The SMILES string of the molecule is CCOC(OCC)c1c[nH]c(=S)n1C. The molecule has 1 heterocycles. The van der Waals surface area contributed by atoms with Crippen LogP contribution in [0.25, 0.3) is 0 Å². The summed E-state index contributed by atoms with van der Waals surface area (Å²) in [6.07, 6.45) is 1.49. The quantitative estimate of drug-likeness (QED) is 0.605. The van der Waals surface area contributed by atoms with E-state index in [-0.39, 0.29) is 6.29 Å². The minimum absolute atomic E-state index is 0.331. The first-order valence-corrected chi connectivity index (χ1v) is 5.09. The Morgan fingerprint density at radius 2 is 2.00 bits per heavy atom. The van der Waals surface area contributed by atoms with Gasteiger partial charge in [-0.25, -0.2) is 0 Å². The Morgan fingerprint density at radius 3 is 2.36 bits per heavy atom. The molecule has 0 aliphatic heterocycles. The molecule has 0 unspecified atom stereocenters. The second-order valence-electron chi connectivity index (χ2n) is 2.82. The lowest BCUT2D eigenvalue weighted by molar-refractivity contribution is -0.144. The van der Waals surface area contributed by atoms with Crippen LogP contribution in [-0.4, -0.2) is 22.8 Å². The summed E-state index contributed by atoms with van der Waals surface area (Å²) in [4.78, 5) is 2.95. The Balaban J connectivity index is 2.86. The van der Waals surface area contributed by atoms with Crippen molar-refractivity contribution >= 4 is 12.2 Å². The van der Waals surface area contributed by atoms with Gasteiger partial charge >= 0.3 is 0 Å². The fourth-order valence-corrected chi connectivity index (χ4v) is 1.36. The van der Waals surface area contributed by atoms with Gasteiger partial charge in [-0.15, -0.1) is 0 Å². The maximum Gasteiger partial charge on any atom is 0.200 e. The zero-order valence-corrected chi connectivity index (χ0v) is 9.56. The molecular formula is C9H16N2O2S. The smallest absolute Gasteiger partial charge is 0.200 e. The van der Waals surface area contributed by atoms with Gasteiger partial charge in [0.25, 0.3) is 0 Å². The molecule has 0 saturated carbocycles. The van der Waals surface area contributed by atoms with Gasteiger partial charge in [0, 0.05) is 26.5 Å². The third kappa shape index (κ3) is 2.43. The molecule has 1 aromatic heterocycles. The lowest BCUT2D eigenvalue weighted by atomic mass is 10.4. The Kier molecular flexibility index (Phi) is 4.31. The van der Waals surface area contributed by atoms with Gasteiger partial charge < -0.3 is 19.0 Å². The molecule has 0 aliphatic carbocycles. The number of hydrogen-bond acceptors (Lipinski definition) is 3. The number of aromatic amines is 1. The number of aromatic nitrogens is 2. The summed E-state index contributed by atoms with van der Waals surface area (Å²) >= 11 is 5.06. The minimum atomic E-state index is -0.331. The van der Waals surface area contributed by atoms with Gasteiger partial charge in [-0.1, -0.05) is 0 Å². The van der Waals surface area contributed by atoms with Gasteiger partial charge in [-0.2, -0.15) is 0 Å². The average molecular weight is 216 g/mol. The number of H-pyrrole nitrogens is 1. The monoisotopic (exact) mass is 216 g/mol. The van der Waals surface area contributed by atoms with Crippen LogP contribution in [0.4, 0.5) is 0 Å². The van der Waals surface area contributed by atoms with Gasteiger partial charge in [0.15, 0.2) is 4.77 Å². The number of hydrogen-bond donors (Lipinski definition) is 1. The predicted molar refractivity (Wildman–Crippen MR) is 56.6 cm³/mol. The second kappa shape index (κ2) is 5.29. The highest BCUT2D eigenvalue weighted by Gasteiger charge is 2.14. The van der Waals surface area contributed by atoms with Gasteiger partial charge in [-0.05, 0) is 26.1 Å². The van der Waals surface area contributed by atoms with Gasteiger partial charge in [0.1, 0.15) is 0 Å². The lowest BCUT2D eigenvalue weighted by Crippen LogP contribution is -2.12. The standard InChI is InChI=1S/C9H16N2O2S/c1-4-12-8(13-5-2)7-6-10-9(14)11(7)3/h6,8H,4-5H2,1-3H3,(H,10,14). The first-order chi connectivity index (χ1) is 6.70. The van der Waals surface area contributed by atoms with E-state index in [1.54, 1.807) is 0 Å². The molecule has 1 aromatic rings. The zero-order chi connectivity index (χ0) is 10.6. The highest BCUT2D eigenvalue weighted by molar-refractivity contribution is 7.71. The zero-order valence-electron chi connectivity index (χ0n) is 8.74. The van der Waals surface area contributed by atoms with Crippen molar-refractivity contribution in [3.63, 3.8) is 0 Å². The van der Waals surface area contributed by atoms with E-state index in [1.807, 2.05) is 31.7 Å². The average Bonchev–Trinajstić information content (AvgIpc) is 2.48. The van der Waals surface area contributed by atoms with Crippen molar-refractivity contribution in [2.45, 2.75) is 20.1 Å². The largest absolute Gasteiger partial charge is 0.347 e. The van der Waals surface area contributed by atoms with Crippen molar-refractivity contribution in [2.75, 3.05) is 13.2 Å². The van der Waals surface area contributed by atoms with E-state index in [0.29, 0.717) is 18.0 Å². The Bertz CT molecular complexity index is 326. The molecule has 0 amide bonds. The Morgan fingerprint density at radius 1 is 1.43 bits per heavy atom. The predicted octanol–water partition coefficient (Wildman–Crippen LogP) is 2.15. The number of nitrogens with one attached hydrogen (secondary N) is 1. The molecule has 14 heavy (non-hydrogen) atoms. The van der Waals surface area contributed by atoms with Crippen molar-refractivity contribution in [3.05, 3.63) is 16.7 Å². The second-order valence-corrected chi connectivity index (χ2v) is 3.21. The van der Waals surface area contributed by atoms with Crippen LogP contribution in [-0.2, 0) is 16.5 Å². The number of imidazole rings is 1. The van der Waals surface area contributed by atoms with Crippen molar-refractivity contribution in [1.82, 2.24) is 9.55 Å². The number of ether oxygens (including phenoxy) is 2. The molecule has 80 valence electrons. The maximum absolute atomic E-state index is 5.45. The summed E-state index contributed by atoms with van der Waals surface area (Å²) < 4.78 is 13.4. The van der Waals surface area contributed by atoms with Crippen LogP contribution in [0.3, 0.4) is 0 Å². The van der Waals surface area contributed by atoms with Crippen LogP contribution in [0.2, 0.25) is 0 Å². The van der Waals surface area contributed by atoms with E-state index in [0.717, 1.165) is 5.69 Å². The first-order valence-electron chi connectivity index (χ1n) is 4.68. The van der Waals surface area contributed by atoms with E-state index in [4.69, 9.17) is 21.7 Å². The summed E-state index contributed by atoms with van der Waals surface area (Å²) in [6.45, 7) is 5.10. The van der Waals surface area contributed by atoms with Gasteiger partial charge in [0.2, 0.25) is 6.29 Å². The van der Waals surface area contributed by atoms with Gasteiger partial charge in [-0.3, -0.25) is 0 Å². The minimum Gasteiger partial charge on any atom is -0.347 e. The summed E-state index contributed by atoms with van der Waals surface area (Å²) in [5.74, 6) is 0. The van der Waals surface area contributed by atoms with E-state index < -0.39 is 0 Å². The molecular weight excluding hydrogens is 200 g/mol. The number of rotatable bonds is 5. The lowest BCUT2D eigenvalue weighted by Gasteiger charge is -2.16. The molecule has 0 saturated heterocycles. The van der Waals surface area contributed by atoms with Crippen molar-refractivity contribution < 1.29 is 9.47 Å². The highest BCUT2D eigenvalue weighted by Crippen LogP contribution is 2.17. The number of nitrogens with zero attached hydrogens (tertiary/aromatic N) is 1. The molecule has 0 radical (unpaired) electrons. The molecule has 1 rings (SSSR count). The summed E-state index contributed by atoms with van der Waals surface area (Å²) in [7, 11) is 1.89. The van der Waals surface area contributed by atoms with Crippen molar-refractivity contribution in [2.24, 2.45) is 7.05 Å². The molecule has 0 bridgehead atoms. The highest BCUT2D eigenvalue weighted by atomic mass is 32.1. The first kappa shape index (κ1) is 11.4. The van der Waals surface area contributed by atoms with E-state index in [2.05, 4.69) is 4.98 Å². The van der Waals surface area contributed by atoms with E-state index >= 15 is 0 Å². The normalized spacial score (nSPS) is 11.1. The van der Waals surface area contributed by atoms with Crippen LogP contribution < -0.4 is 0 Å². The molecule has 0 aromatic carbocycles. The molecule has 1 N–H and O–H groups in total. The maximum atomic E-state index is 5.45. The Hall–Kier alpha value is -0.650. The molecule has 5 heteroatoms. The molecule has 0 fully saturated rings. The third-order valence-corrected chi connectivity index (χ3v) is 2.30.